The third-order valence-corrected chi connectivity index (χ3v) is 5.46. The van der Waals surface area contributed by atoms with Gasteiger partial charge < -0.3 is 18.9 Å². The molecule has 1 aromatic heterocycles. The molecule has 11 heteroatoms. The second kappa shape index (κ2) is 10.5. The summed E-state index contributed by atoms with van der Waals surface area (Å²) in [5, 5.41) is 0. The van der Waals surface area contributed by atoms with E-state index in [2.05, 4.69) is 0 Å². The third kappa shape index (κ3) is 4.88. The van der Waals surface area contributed by atoms with E-state index in [1.54, 1.807) is 36.4 Å². The number of methoxy groups -OCH3 is 1. The Morgan fingerprint density at radius 2 is 1.44 bits per heavy atom. The molecule has 36 heavy (non-hydrogen) atoms. The second-order valence-corrected chi connectivity index (χ2v) is 7.79. The van der Waals surface area contributed by atoms with E-state index >= 15 is 0 Å². The maximum atomic E-state index is 13.3. The number of hydrogen-bond donors (Lipinski definition) is 0. The van der Waals surface area contributed by atoms with Crippen LogP contribution < -0.4 is 11.2 Å². The lowest BCUT2D eigenvalue weighted by atomic mass is 10.2. The smallest absolute Gasteiger partial charge is 0.340 e. The number of benzene rings is 2. The Hall–Kier alpha value is -4.35. The standard InChI is InChI=1S/C25H22N2O9/c1-15(28)34-24-20(35-23(31)17-11-7-4-8-12-17)19(33-2)22(36-24)26-14-13-18(29)27(25(26)32)21(30)16-9-5-3-6-10-16/h3-14,19-20,22,24H,1-2H3/t19-,20?,22+,24-/m0/s1. The fraction of sp³-hybridized carbons (Fsp3) is 0.240. The van der Waals surface area contributed by atoms with E-state index in [0.717, 1.165) is 23.8 Å². The predicted octanol–water partition coefficient (Wildman–Crippen LogP) is 1.36. The van der Waals surface area contributed by atoms with Gasteiger partial charge >= 0.3 is 17.6 Å². The molecule has 4 atom stereocenters. The highest BCUT2D eigenvalue weighted by Gasteiger charge is 2.51. The van der Waals surface area contributed by atoms with Crippen LogP contribution in [0.25, 0.3) is 0 Å². The molecule has 1 saturated heterocycles. The Morgan fingerprint density at radius 1 is 0.833 bits per heavy atom. The maximum Gasteiger partial charge on any atom is 0.340 e. The highest BCUT2D eigenvalue weighted by molar-refractivity contribution is 5.95. The Bertz CT molecular complexity index is 1380. The molecule has 1 fully saturated rings. The number of hydrogen-bond acceptors (Lipinski definition) is 9. The minimum absolute atomic E-state index is 0.123. The minimum Gasteiger partial charge on any atom is -0.449 e. The number of nitrogens with zero attached hydrogens (tertiary/aromatic N) is 2. The van der Waals surface area contributed by atoms with Gasteiger partial charge in [0, 0.05) is 31.9 Å². The molecule has 0 bridgehead atoms. The number of carbonyl (C=O) groups excluding carboxylic acids is 3. The second-order valence-electron chi connectivity index (χ2n) is 7.79. The van der Waals surface area contributed by atoms with Crippen molar-refractivity contribution >= 4 is 17.8 Å². The first-order valence-electron chi connectivity index (χ1n) is 10.9. The molecule has 0 radical (unpaired) electrons. The van der Waals surface area contributed by atoms with Crippen LogP contribution in [0, 0.1) is 0 Å². The lowest BCUT2D eigenvalue weighted by Gasteiger charge is -2.23. The van der Waals surface area contributed by atoms with Crippen LogP contribution in [-0.2, 0) is 23.7 Å². The van der Waals surface area contributed by atoms with E-state index < -0.39 is 53.8 Å². The Labute approximate surface area is 204 Å². The van der Waals surface area contributed by atoms with E-state index in [9.17, 15) is 24.0 Å². The summed E-state index contributed by atoms with van der Waals surface area (Å²) in [7, 11) is 1.29. The van der Waals surface area contributed by atoms with Crippen molar-refractivity contribution < 1.29 is 33.3 Å². The van der Waals surface area contributed by atoms with E-state index in [1.165, 1.54) is 31.4 Å². The molecule has 4 rings (SSSR count). The third-order valence-electron chi connectivity index (χ3n) is 5.46. The van der Waals surface area contributed by atoms with Crippen LogP contribution in [0.15, 0.2) is 82.5 Å². The van der Waals surface area contributed by atoms with Gasteiger partial charge in [0.1, 0.15) is 6.10 Å². The number of rotatable bonds is 6. The number of ether oxygens (including phenoxy) is 4. The zero-order valence-corrected chi connectivity index (χ0v) is 19.3. The van der Waals surface area contributed by atoms with Crippen LogP contribution in [0.2, 0.25) is 0 Å². The molecule has 0 aliphatic carbocycles. The Kier molecular flexibility index (Phi) is 7.23. The lowest BCUT2D eigenvalue weighted by molar-refractivity contribution is -0.191. The number of esters is 2. The van der Waals surface area contributed by atoms with E-state index in [-0.39, 0.29) is 11.1 Å². The summed E-state index contributed by atoms with van der Waals surface area (Å²) in [4.78, 5) is 63.1. The zero-order valence-electron chi connectivity index (χ0n) is 19.3. The summed E-state index contributed by atoms with van der Waals surface area (Å²) in [5.74, 6) is -2.30. The molecule has 0 amide bonds. The van der Waals surface area contributed by atoms with Crippen molar-refractivity contribution in [2.45, 2.75) is 31.6 Å². The molecule has 0 saturated carbocycles. The average molecular weight is 494 g/mol. The van der Waals surface area contributed by atoms with Crippen molar-refractivity contribution in [3.63, 3.8) is 0 Å². The maximum absolute atomic E-state index is 13.3. The molecule has 11 nitrogen and oxygen atoms in total. The van der Waals surface area contributed by atoms with Crippen molar-refractivity contribution in [2.75, 3.05) is 7.11 Å². The summed E-state index contributed by atoms with van der Waals surface area (Å²) < 4.78 is 23.4. The monoisotopic (exact) mass is 494 g/mol. The Morgan fingerprint density at radius 3 is 2.03 bits per heavy atom. The molecule has 1 unspecified atom stereocenters. The van der Waals surface area contributed by atoms with Gasteiger partial charge in [0.05, 0.1) is 5.56 Å². The fourth-order valence-corrected chi connectivity index (χ4v) is 3.81. The highest BCUT2D eigenvalue weighted by Crippen LogP contribution is 2.33. The highest BCUT2D eigenvalue weighted by atomic mass is 16.7. The topological polar surface area (TPSA) is 132 Å². The van der Waals surface area contributed by atoms with Crippen LogP contribution in [0.5, 0.6) is 0 Å². The molecular formula is C25H22N2O9. The first-order valence-corrected chi connectivity index (χ1v) is 10.9. The molecule has 1 aliphatic heterocycles. The van der Waals surface area contributed by atoms with Crippen LogP contribution in [-0.4, -0.2) is 52.6 Å². The zero-order chi connectivity index (χ0) is 25.8. The summed E-state index contributed by atoms with van der Waals surface area (Å²) in [5.41, 5.74) is -1.50. The molecular weight excluding hydrogens is 472 g/mol. The largest absolute Gasteiger partial charge is 0.449 e. The molecule has 2 heterocycles. The van der Waals surface area contributed by atoms with Gasteiger partial charge in [-0.2, -0.15) is 4.57 Å². The van der Waals surface area contributed by atoms with Crippen molar-refractivity contribution in [1.29, 1.82) is 0 Å². The predicted molar refractivity (Wildman–Crippen MR) is 123 cm³/mol. The fourth-order valence-electron chi connectivity index (χ4n) is 3.81. The van der Waals surface area contributed by atoms with Crippen LogP contribution >= 0.6 is 0 Å². The van der Waals surface area contributed by atoms with E-state index in [4.69, 9.17) is 18.9 Å². The van der Waals surface area contributed by atoms with Gasteiger partial charge in [-0.15, -0.1) is 0 Å². The summed E-state index contributed by atoms with van der Waals surface area (Å²) in [6.45, 7) is 1.14. The SMILES string of the molecule is CO[C@H]1C(OC(=O)c2ccccc2)[C@@H](OC(C)=O)O[C@H]1n1ccc(=O)n(C(=O)c2ccccc2)c1=O. The molecule has 0 spiro atoms. The van der Waals surface area contributed by atoms with Crippen molar-refractivity contribution in [2.24, 2.45) is 0 Å². The normalized spacial score (nSPS) is 21.1. The average Bonchev–Trinajstić information content (AvgIpc) is 3.20. The number of carbonyl (C=O) groups is 3. The van der Waals surface area contributed by atoms with E-state index in [1.807, 2.05) is 0 Å². The summed E-state index contributed by atoms with van der Waals surface area (Å²) in [6, 6.07) is 16.9. The van der Waals surface area contributed by atoms with Crippen LogP contribution in [0.1, 0.15) is 33.9 Å². The van der Waals surface area contributed by atoms with Gasteiger partial charge in [0.15, 0.2) is 12.3 Å². The molecule has 186 valence electrons. The van der Waals surface area contributed by atoms with Crippen molar-refractivity contribution in [1.82, 2.24) is 9.13 Å². The van der Waals surface area contributed by atoms with Crippen molar-refractivity contribution in [3.05, 3.63) is 105 Å². The van der Waals surface area contributed by atoms with Crippen LogP contribution in [0.3, 0.4) is 0 Å². The van der Waals surface area contributed by atoms with Crippen LogP contribution in [0.4, 0.5) is 0 Å². The lowest BCUT2D eigenvalue weighted by Crippen LogP contribution is -2.46. The molecule has 2 aromatic carbocycles. The summed E-state index contributed by atoms with van der Waals surface area (Å²) in [6.07, 6.45) is -4.02. The van der Waals surface area contributed by atoms with Gasteiger partial charge in [-0.05, 0) is 24.3 Å². The quantitative estimate of drug-likeness (QED) is 0.466. The molecule has 3 aromatic rings. The van der Waals surface area contributed by atoms with Crippen molar-refractivity contribution in [3.8, 4) is 0 Å². The molecule has 0 N–H and O–H groups in total. The van der Waals surface area contributed by atoms with Gasteiger partial charge in [0.2, 0.25) is 6.29 Å². The summed E-state index contributed by atoms with van der Waals surface area (Å²) >= 11 is 0. The first-order chi connectivity index (χ1) is 17.3. The van der Waals surface area contributed by atoms with Gasteiger partial charge in [-0.1, -0.05) is 36.4 Å². The minimum atomic E-state index is -1.43. The van der Waals surface area contributed by atoms with Gasteiger partial charge in [-0.3, -0.25) is 19.0 Å². The van der Waals surface area contributed by atoms with Gasteiger partial charge in [0.25, 0.3) is 11.5 Å². The van der Waals surface area contributed by atoms with E-state index in [0.29, 0.717) is 4.57 Å². The number of aromatic nitrogens is 2. The molecule has 1 aliphatic rings. The first kappa shape index (κ1) is 24.8. The Balaban J connectivity index is 1.72. The van der Waals surface area contributed by atoms with Gasteiger partial charge in [-0.25, -0.2) is 9.59 Å².